The number of nitrogens with zero attached hydrogens (tertiary/aromatic N) is 2. The molecule has 0 unspecified atom stereocenters. The van der Waals surface area contributed by atoms with Crippen molar-refractivity contribution in [2.24, 2.45) is 0 Å². The van der Waals surface area contributed by atoms with Crippen molar-refractivity contribution < 1.29 is 0 Å². The molecule has 1 heterocycles. The second-order valence-electron chi connectivity index (χ2n) is 2.23. The fraction of sp³-hybridized carbons (Fsp3) is 0. The van der Waals surface area contributed by atoms with Crippen LogP contribution in [0.4, 0.5) is 0 Å². The minimum absolute atomic E-state index is 0.998. The van der Waals surface area contributed by atoms with E-state index < -0.39 is 0 Å². The van der Waals surface area contributed by atoms with E-state index in [0.29, 0.717) is 0 Å². The maximum absolute atomic E-state index is 4.12. The van der Waals surface area contributed by atoms with Gasteiger partial charge in [0, 0.05) is 11.6 Å². The zero-order valence-corrected chi connectivity index (χ0v) is 5.49. The maximum Gasteiger partial charge on any atom is 0.0923 e. The predicted octanol–water partition coefficient (Wildman–Crippen LogP) is 1.68. The molecule has 0 saturated heterocycles. The summed E-state index contributed by atoms with van der Waals surface area (Å²) in [6.07, 6.45) is 1.90. The largest absolute Gasteiger partial charge is 0.270 e. The molecule has 0 atom stereocenters. The van der Waals surface area contributed by atoms with Gasteiger partial charge in [0.25, 0.3) is 0 Å². The van der Waals surface area contributed by atoms with Gasteiger partial charge >= 0.3 is 0 Å². The first-order chi connectivity index (χ1) is 4.86. The highest BCUT2D eigenvalue weighted by atomic mass is 15.2. The number of hydrogen-bond acceptors (Lipinski definition) is 1. The zero-order valence-electron chi connectivity index (χ0n) is 5.49. The van der Waals surface area contributed by atoms with Crippen molar-refractivity contribution in [2.45, 2.75) is 0 Å². The Morgan fingerprint density at radius 2 is 2.10 bits per heavy atom. The molecule has 2 rings (SSSR count). The summed E-state index contributed by atoms with van der Waals surface area (Å²) in [6.45, 7) is 0. The third kappa shape index (κ3) is 0.692. The zero-order chi connectivity index (χ0) is 6.97. The van der Waals surface area contributed by atoms with Crippen LogP contribution < -0.4 is 0 Å². The Balaban J connectivity index is 2.88. The van der Waals surface area contributed by atoms with Crippen LogP contribution in [0, 0.1) is 7.05 Å². The summed E-state index contributed by atoms with van der Waals surface area (Å²) in [7, 11) is 3.66. The minimum atomic E-state index is 0.998. The van der Waals surface area contributed by atoms with Crippen molar-refractivity contribution in [2.75, 3.05) is 0 Å². The third-order valence-corrected chi connectivity index (χ3v) is 1.46. The lowest BCUT2D eigenvalue weighted by Gasteiger charge is -1.80. The Morgan fingerprint density at radius 3 is 2.90 bits per heavy atom. The second kappa shape index (κ2) is 1.84. The number of rotatable bonds is 0. The van der Waals surface area contributed by atoms with Crippen LogP contribution in [0.5, 0.6) is 0 Å². The fourth-order valence-corrected chi connectivity index (χ4v) is 1.02. The van der Waals surface area contributed by atoms with E-state index in [9.17, 15) is 0 Å². The fourth-order valence-electron chi connectivity index (χ4n) is 1.02. The summed E-state index contributed by atoms with van der Waals surface area (Å²) < 4.78 is 1.57. The molecule has 1 aromatic heterocycles. The molecule has 1 radical (unpaired) electrons. The van der Waals surface area contributed by atoms with Gasteiger partial charge in [-0.15, -0.1) is 0 Å². The van der Waals surface area contributed by atoms with Gasteiger partial charge in [-0.25, -0.2) is 0 Å². The van der Waals surface area contributed by atoms with E-state index in [0.717, 1.165) is 10.9 Å². The van der Waals surface area contributed by atoms with Gasteiger partial charge in [-0.2, -0.15) is 5.10 Å². The molecular formula is C8H7N2. The summed E-state index contributed by atoms with van der Waals surface area (Å²) in [5.74, 6) is 0. The van der Waals surface area contributed by atoms with Crippen LogP contribution in [-0.2, 0) is 0 Å². The first kappa shape index (κ1) is 5.47. The number of benzene rings is 1. The first-order valence-corrected chi connectivity index (χ1v) is 3.11. The van der Waals surface area contributed by atoms with Gasteiger partial charge in [-0.3, -0.25) is 4.68 Å². The predicted molar refractivity (Wildman–Crippen MR) is 40.5 cm³/mol. The molecule has 0 amide bonds. The molecule has 0 aliphatic rings. The van der Waals surface area contributed by atoms with Crippen LogP contribution in [0.3, 0.4) is 0 Å². The molecule has 0 aliphatic heterocycles. The topological polar surface area (TPSA) is 17.8 Å². The lowest BCUT2D eigenvalue weighted by Crippen LogP contribution is -1.81. The van der Waals surface area contributed by atoms with Crippen LogP contribution >= 0.6 is 0 Å². The summed E-state index contributed by atoms with van der Waals surface area (Å²) >= 11 is 0. The first-order valence-electron chi connectivity index (χ1n) is 3.11. The molecule has 0 aliphatic carbocycles. The van der Waals surface area contributed by atoms with Crippen LogP contribution in [0.15, 0.2) is 30.5 Å². The van der Waals surface area contributed by atoms with Crippen molar-refractivity contribution in [1.29, 1.82) is 0 Å². The maximum atomic E-state index is 4.12. The highest BCUT2D eigenvalue weighted by Crippen LogP contribution is 2.09. The van der Waals surface area contributed by atoms with E-state index in [1.165, 1.54) is 0 Å². The van der Waals surface area contributed by atoms with Gasteiger partial charge in [0.05, 0.1) is 12.6 Å². The Bertz CT molecular complexity index is 316. The smallest absolute Gasteiger partial charge is 0.0923 e. The molecule has 2 aromatic rings. The summed E-state index contributed by atoms with van der Waals surface area (Å²) in [4.78, 5) is 0. The molecule has 10 heavy (non-hydrogen) atoms. The average molecular weight is 131 g/mol. The minimum Gasteiger partial charge on any atom is -0.270 e. The van der Waals surface area contributed by atoms with Crippen LogP contribution in [0.2, 0.25) is 0 Å². The molecule has 49 valence electrons. The quantitative estimate of drug-likeness (QED) is 0.531. The Hall–Kier alpha value is -1.31. The molecular weight excluding hydrogens is 124 g/mol. The van der Waals surface area contributed by atoms with Gasteiger partial charge in [-0.05, 0) is 6.07 Å². The van der Waals surface area contributed by atoms with Gasteiger partial charge in [-0.1, -0.05) is 18.2 Å². The van der Waals surface area contributed by atoms with Gasteiger partial charge < -0.3 is 0 Å². The highest BCUT2D eigenvalue weighted by molar-refractivity contribution is 5.77. The summed E-state index contributed by atoms with van der Waals surface area (Å²) in [5.41, 5.74) is 0.998. The van der Waals surface area contributed by atoms with E-state index in [1.807, 2.05) is 30.5 Å². The van der Waals surface area contributed by atoms with E-state index in [-0.39, 0.29) is 0 Å². The van der Waals surface area contributed by atoms with Gasteiger partial charge in [0.2, 0.25) is 0 Å². The van der Waals surface area contributed by atoms with Crippen LogP contribution in [0.1, 0.15) is 0 Å². The van der Waals surface area contributed by atoms with E-state index >= 15 is 0 Å². The average Bonchev–Trinajstić information content (AvgIpc) is 2.27. The van der Waals surface area contributed by atoms with Gasteiger partial charge in [0.1, 0.15) is 0 Å². The Labute approximate surface area is 59.1 Å². The number of fused-ring (bicyclic) bond motifs is 1. The molecule has 1 aromatic carbocycles. The van der Waals surface area contributed by atoms with E-state index in [4.69, 9.17) is 0 Å². The highest BCUT2D eigenvalue weighted by Gasteiger charge is 1.92. The summed E-state index contributed by atoms with van der Waals surface area (Å²) in [5, 5.41) is 5.26. The molecule has 0 spiro atoms. The van der Waals surface area contributed by atoms with Crippen molar-refractivity contribution >= 4 is 10.9 Å². The van der Waals surface area contributed by atoms with Crippen LogP contribution in [-0.4, -0.2) is 9.78 Å². The molecule has 2 heteroatoms. The van der Waals surface area contributed by atoms with Crippen molar-refractivity contribution in [1.82, 2.24) is 9.78 Å². The monoisotopic (exact) mass is 131 g/mol. The Morgan fingerprint density at radius 1 is 1.30 bits per heavy atom. The standard InChI is InChI=1S/C8H7N2/c1-10-6-7-4-2-3-5-8(7)9-10/h2-6H,1H2. The molecule has 0 bridgehead atoms. The number of hydrogen-bond donors (Lipinski definition) is 0. The Kier molecular flexibility index (Phi) is 1.01. The SMILES string of the molecule is [CH2]n1cc2ccccc2n1. The van der Waals surface area contributed by atoms with Crippen molar-refractivity contribution in [3.8, 4) is 0 Å². The molecule has 0 saturated carbocycles. The second-order valence-corrected chi connectivity index (χ2v) is 2.23. The number of aromatic nitrogens is 2. The van der Waals surface area contributed by atoms with E-state index in [2.05, 4.69) is 12.1 Å². The molecule has 0 fully saturated rings. The molecule has 0 N–H and O–H groups in total. The van der Waals surface area contributed by atoms with E-state index in [1.54, 1.807) is 4.68 Å². The van der Waals surface area contributed by atoms with Gasteiger partial charge in [0.15, 0.2) is 0 Å². The van der Waals surface area contributed by atoms with Crippen molar-refractivity contribution in [3.05, 3.63) is 37.5 Å². The summed E-state index contributed by atoms with van der Waals surface area (Å²) in [6, 6.07) is 7.94. The third-order valence-electron chi connectivity index (χ3n) is 1.46. The lowest BCUT2D eigenvalue weighted by molar-refractivity contribution is 0.894. The van der Waals surface area contributed by atoms with Crippen molar-refractivity contribution in [3.63, 3.8) is 0 Å². The molecule has 2 nitrogen and oxygen atoms in total. The normalized spacial score (nSPS) is 10.5. The lowest BCUT2D eigenvalue weighted by atomic mass is 10.3. The van der Waals surface area contributed by atoms with Crippen LogP contribution in [0.25, 0.3) is 10.9 Å².